The van der Waals surface area contributed by atoms with E-state index in [0.29, 0.717) is 0 Å². The molecule has 0 saturated heterocycles. The third-order valence-corrected chi connectivity index (χ3v) is 4.87. The number of pyridine rings is 1. The van der Waals surface area contributed by atoms with Crippen molar-refractivity contribution in [2.75, 3.05) is 6.54 Å². The van der Waals surface area contributed by atoms with Crippen LogP contribution in [0.25, 0.3) is 11.4 Å². The Morgan fingerprint density at radius 3 is 2.76 bits per heavy atom. The van der Waals surface area contributed by atoms with Crippen molar-refractivity contribution in [1.29, 1.82) is 0 Å². The summed E-state index contributed by atoms with van der Waals surface area (Å²) in [4.78, 5) is 16.3. The third kappa shape index (κ3) is 3.55. The minimum Gasteiger partial charge on any atom is -0.291 e. The Morgan fingerprint density at radius 1 is 1.12 bits per heavy atom. The van der Waals surface area contributed by atoms with Crippen LogP contribution in [-0.4, -0.2) is 26.4 Å². The van der Waals surface area contributed by atoms with Gasteiger partial charge in [0.25, 0.3) is 0 Å². The predicted molar refractivity (Wildman–Crippen MR) is 99.3 cm³/mol. The van der Waals surface area contributed by atoms with Gasteiger partial charge in [0.2, 0.25) is 0 Å². The van der Waals surface area contributed by atoms with Gasteiger partial charge in [-0.3, -0.25) is 9.88 Å². The van der Waals surface area contributed by atoms with Gasteiger partial charge in [-0.05, 0) is 54.8 Å². The van der Waals surface area contributed by atoms with Gasteiger partial charge < -0.3 is 0 Å². The zero-order valence-electron chi connectivity index (χ0n) is 14.1. The zero-order valence-corrected chi connectivity index (χ0v) is 14.9. The van der Waals surface area contributed by atoms with E-state index >= 15 is 0 Å². The highest BCUT2D eigenvalue weighted by Gasteiger charge is 2.19. The molecule has 1 aliphatic rings. The highest BCUT2D eigenvalue weighted by Crippen LogP contribution is 2.23. The second-order valence-corrected chi connectivity index (χ2v) is 6.84. The summed E-state index contributed by atoms with van der Waals surface area (Å²) >= 11 is 5.97. The number of rotatable bonds is 3. The van der Waals surface area contributed by atoms with Crippen LogP contribution >= 0.6 is 11.6 Å². The Labute approximate surface area is 152 Å². The molecule has 3 aromatic rings. The van der Waals surface area contributed by atoms with Gasteiger partial charge in [-0.15, -0.1) is 0 Å². The smallest absolute Gasteiger partial charge is 0.159 e. The molecule has 0 bridgehead atoms. The van der Waals surface area contributed by atoms with Crippen molar-refractivity contribution in [1.82, 2.24) is 19.9 Å². The summed E-state index contributed by atoms with van der Waals surface area (Å²) in [5, 5.41) is 0.721. The van der Waals surface area contributed by atoms with E-state index in [1.54, 1.807) is 0 Å². The van der Waals surface area contributed by atoms with Crippen LogP contribution in [0, 0.1) is 6.92 Å². The topological polar surface area (TPSA) is 41.9 Å². The minimum atomic E-state index is 0.721. The molecule has 4 nitrogen and oxygen atoms in total. The monoisotopic (exact) mass is 350 g/mol. The number of halogens is 1. The van der Waals surface area contributed by atoms with Gasteiger partial charge in [-0.2, -0.15) is 0 Å². The number of fused-ring (bicyclic) bond motifs is 1. The second-order valence-electron chi connectivity index (χ2n) is 6.40. The van der Waals surface area contributed by atoms with Crippen LogP contribution in [0.3, 0.4) is 0 Å². The standard InChI is InChI=1S/C20H19ClN4/c1-14-3-2-9-22-18(14)12-25-10-8-16-11-23-20(24-19(16)13-25)15-4-6-17(21)7-5-15/h2-7,9,11H,8,10,12-13H2,1H3. The number of hydrogen-bond donors (Lipinski definition) is 0. The van der Waals surface area contributed by atoms with Crippen LogP contribution < -0.4 is 0 Å². The van der Waals surface area contributed by atoms with Crippen molar-refractivity contribution < 1.29 is 0 Å². The maximum Gasteiger partial charge on any atom is 0.159 e. The molecule has 0 radical (unpaired) electrons. The first-order chi connectivity index (χ1) is 12.2. The fraction of sp³-hybridized carbons (Fsp3) is 0.250. The van der Waals surface area contributed by atoms with E-state index in [4.69, 9.17) is 16.6 Å². The maximum absolute atomic E-state index is 5.97. The number of aromatic nitrogens is 3. The lowest BCUT2D eigenvalue weighted by molar-refractivity contribution is 0.238. The van der Waals surface area contributed by atoms with E-state index in [1.165, 1.54) is 11.1 Å². The van der Waals surface area contributed by atoms with E-state index in [9.17, 15) is 0 Å². The minimum absolute atomic E-state index is 0.721. The molecule has 0 amide bonds. The quantitative estimate of drug-likeness (QED) is 0.714. The average molecular weight is 351 g/mol. The Kier molecular flexibility index (Phi) is 4.47. The van der Waals surface area contributed by atoms with E-state index in [1.807, 2.05) is 42.7 Å². The van der Waals surface area contributed by atoms with Crippen molar-refractivity contribution in [3.8, 4) is 11.4 Å². The fourth-order valence-electron chi connectivity index (χ4n) is 3.13. The Bertz CT molecular complexity index is 892. The normalized spacial score (nSPS) is 14.3. The van der Waals surface area contributed by atoms with Crippen LogP contribution in [0.4, 0.5) is 0 Å². The molecule has 0 saturated carbocycles. The van der Waals surface area contributed by atoms with Crippen molar-refractivity contribution in [2.45, 2.75) is 26.4 Å². The van der Waals surface area contributed by atoms with Gasteiger partial charge in [0.1, 0.15) is 0 Å². The molecule has 1 aliphatic heterocycles. The largest absolute Gasteiger partial charge is 0.291 e. The number of hydrogen-bond acceptors (Lipinski definition) is 4. The first-order valence-corrected chi connectivity index (χ1v) is 8.80. The predicted octanol–water partition coefficient (Wildman–Crippen LogP) is 4.06. The first-order valence-electron chi connectivity index (χ1n) is 8.42. The summed E-state index contributed by atoms with van der Waals surface area (Å²) in [5.41, 5.74) is 5.71. The summed E-state index contributed by atoms with van der Waals surface area (Å²) < 4.78 is 0. The highest BCUT2D eigenvalue weighted by atomic mass is 35.5. The van der Waals surface area contributed by atoms with Gasteiger partial charge in [0.05, 0.1) is 11.4 Å². The summed E-state index contributed by atoms with van der Waals surface area (Å²) in [6.07, 6.45) is 4.80. The molecule has 0 aliphatic carbocycles. The van der Waals surface area contributed by atoms with Crippen molar-refractivity contribution >= 4 is 11.6 Å². The van der Waals surface area contributed by atoms with Gasteiger partial charge in [0, 0.05) is 42.6 Å². The van der Waals surface area contributed by atoms with E-state index in [0.717, 1.165) is 53.9 Å². The van der Waals surface area contributed by atoms with Gasteiger partial charge in [-0.1, -0.05) is 17.7 Å². The molecule has 126 valence electrons. The number of nitrogens with zero attached hydrogens (tertiary/aromatic N) is 4. The molecule has 0 unspecified atom stereocenters. The van der Waals surface area contributed by atoms with Crippen LogP contribution in [0.15, 0.2) is 48.8 Å². The van der Waals surface area contributed by atoms with Gasteiger partial charge >= 0.3 is 0 Å². The zero-order chi connectivity index (χ0) is 17.2. The lowest BCUT2D eigenvalue weighted by Crippen LogP contribution is -2.31. The SMILES string of the molecule is Cc1cccnc1CN1CCc2cnc(-c3ccc(Cl)cc3)nc2C1. The fourth-order valence-corrected chi connectivity index (χ4v) is 3.25. The molecule has 1 aromatic carbocycles. The highest BCUT2D eigenvalue weighted by molar-refractivity contribution is 6.30. The molecule has 25 heavy (non-hydrogen) atoms. The molecule has 4 rings (SSSR count). The van der Waals surface area contributed by atoms with E-state index < -0.39 is 0 Å². The van der Waals surface area contributed by atoms with Crippen LogP contribution in [0.1, 0.15) is 22.5 Å². The lowest BCUT2D eigenvalue weighted by atomic mass is 10.1. The third-order valence-electron chi connectivity index (χ3n) is 4.62. The molecule has 2 aromatic heterocycles. The molecule has 3 heterocycles. The van der Waals surface area contributed by atoms with Gasteiger partial charge in [-0.25, -0.2) is 9.97 Å². The average Bonchev–Trinajstić information content (AvgIpc) is 2.64. The molecule has 0 spiro atoms. The van der Waals surface area contributed by atoms with Crippen molar-refractivity contribution in [2.24, 2.45) is 0 Å². The summed E-state index contributed by atoms with van der Waals surface area (Å²) in [6.45, 7) is 4.80. The second kappa shape index (κ2) is 6.90. The molecule has 0 atom stereocenters. The first kappa shape index (κ1) is 16.2. The van der Waals surface area contributed by atoms with E-state index in [2.05, 4.69) is 27.9 Å². The molecule has 0 fully saturated rings. The summed E-state index contributed by atoms with van der Waals surface area (Å²) in [5.74, 6) is 0.756. The molecule has 5 heteroatoms. The molecular formula is C20H19ClN4. The summed E-state index contributed by atoms with van der Waals surface area (Å²) in [6, 6.07) is 11.8. The van der Waals surface area contributed by atoms with Crippen LogP contribution in [0.2, 0.25) is 5.02 Å². The Morgan fingerprint density at radius 2 is 1.96 bits per heavy atom. The maximum atomic E-state index is 5.97. The van der Waals surface area contributed by atoms with Crippen molar-refractivity contribution in [3.63, 3.8) is 0 Å². The van der Waals surface area contributed by atoms with Crippen LogP contribution in [-0.2, 0) is 19.5 Å². The van der Waals surface area contributed by atoms with Crippen LogP contribution in [0.5, 0.6) is 0 Å². The lowest BCUT2D eigenvalue weighted by Gasteiger charge is -2.28. The van der Waals surface area contributed by atoms with Gasteiger partial charge in [0.15, 0.2) is 5.82 Å². The molecular weight excluding hydrogens is 332 g/mol. The Hall–Kier alpha value is -2.30. The van der Waals surface area contributed by atoms with Crippen molar-refractivity contribution in [3.05, 3.63) is 76.3 Å². The Balaban J connectivity index is 1.56. The molecule has 0 N–H and O–H groups in total. The number of benzene rings is 1. The van der Waals surface area contributed by atoms with E-state index in [-0.39, 0.29) is 0 Å². The summed E-state index contributed by atoms with van der Waals surface area (Å²) in [7, 11) is 0. The number of aryl methyl sites for hydroxylation is 1.